The van der Waals surface area contributed by atoms with Crippen LogP contribution in [0.25, 0.3) is 0 Å². The Kier molecular flexibility index (Phi) is 1.63. The molecule has 17 heavy (non-hydrogen) atoms. The topological polar surface area (TPSA) is 89.5 Å². The minimum Gasteiger partial charge on any atom is -0.367 e. The maximum absolute atomic E-state index is 11.9. The van der Waals surface area contributed by atoms with Crippen LogP contribution in [-0.2, 0) is 4.79 Å². The fourth-order valence-corrected chi connectivity index (χ4v) is 4.94. The molecule has 94 valence electrons. The minimum atomic E-state index is -1.06. The fourth-order valence-electron chi connectivity index (χ4n) is 4.94. The molecule has 3 fully saturated rings. The molecule has 2 saturated carbocycles. The third-order valence-electron chi connectivity index (χ3n) is 6.13. The Morgan fingerprint density at radius 2 is 2.18 bits per heavy atom. The van der Waals surface area contributed by atoms with Gasteiger partial charge in [0.05, 0.1) is 6.54 Å². The smallest absolute Gasteiger partial charge is 0.249 e. The minimum absolute atomic E-state index is 0.144. The molecule has 0 aromatic heterocycles. The molecule has 0 aromatic carbocycles. The molecule has 0 unspecified atom stereocenters. The summed E-state index contributed by atoms with van der Waals surface area (Å²) in [5.41, 5.74) is 3.99. The Hall–Kier alpha value is -1.33. The summed E-state index contributed by atoms with van der Waals surface area (Å²) in [6, 6.07) is 0. The molecular weight excluding hydrogens is 222 g/mol. The summed E-state index contributed by atoms with van der Waals surface area (Å²) in [4.78, 5) is 23.1. The monoisotopic (exact) mass is 239 g/mol. The van der Waals surface area contributed by atoms with Crippen molar-refractivity contribution in [1.82, 2.24) is 5.01 Å². The molecule has 3 aliphatic rings. The number of nitrogens with zero attached hydrogens (tertiary/aromatic N) is 2. The van der Waals surface area contributed by atoms with Gasteiger partial charge in [0, 0.05) is 10.8 Å². The standard InChI is InChI=1S/C11H17N3O3/c1-9-6-13(14(16)17)11(8(12)15)5-7(9)3-4-10(9,11)2/h7H,3-6H2,1-2H3,(H2,12,15)/t7-,9-,10-,11-/m0/s1. The van der Waals surface area contributed by atoms with Crippen LogP contribution in [0, 0.1) is 26.9 Å². The predicted molar refractivity (Wildman–Crippen MR) is 59.2 cm³/mol. The van der Waals surface area contributed by atoms with Crippen LogP contribution in [0.1, 0.15) is 33.1 Å². The van der Waals surface area contributed by atoms with Gasteiger partial charge in [0.2, 0.25) is 5.91 Å². The zero-order valence-corrected chi connectivity index (χ0v) is 10.1. The molecule has 0 spiro atoms. The highest BCUT2D eigenvalue weighted by Crippen LogP contribution is 2.75. The maximum atomic E-state index is 11.9. The second-order valence-electron chi connectivity index (χ2n) is 6.21. The summed E-state index contributed by atoms with van der Waals surface area (Å²) in [7, 11) is 0. The van der Waals surface area contributed by atoms with Crippen LogP contribution in [0.3, 0.4) is 0 Å². The van der Waals surface area contributed by atoms with Crippen molar-refractivity contribution in [3.8, 4) is 0 Å². The number of primary amides is 1. The van der Waals surface area contributed by atoms with Gasteiger partial charge in [-0.1, -0.05) is 13.8 Å². The molecule has 4 atom stereocenters. The van der Waals surface area contributed by atoms with Crippen molar-refractivity contribution in [2.24, 2.45) is 22.5 Å². The number of hydrazine groups is 1. The zero-order chi connectivity index (χ0) is 12.6. The van der Waals surface area contributed by atoms with E-state index in [4.69, 9.17) is 5.73 Å². The van der Waals surface area contributed by atoms with Crippen LogP contribution < -0.4 is 5.73 Å². The zero-order valence-electron chi connectivity index (χ0n) is 10.1. The molecule has 6 nitrogen and oxygen atoms in total. The largest absolute Gasteiger partial charge is 0.367 e. The third kappa shape index (κ3) is 0.788. The lowest BCUT2D eigenvalue weighted by atomic mass is 9.65. The van der Waals surface area contributed by atoms with E-state index in [1.807, 2.05) is 6.92 Å². The van der Waals surface area contributed by atoms with Crippen molar-refractivity contribution in [2.75, 3.05) is 6.54 Å². The van der Waals surface area contributed by atoms with Crippen LogP contribution in [0.4, 0.5) is 0 Å². The van der Waals surface area contributed by atoms with Crippen molar-refractivity contribution < 1.29 is 9.83 Å². The fraction of sp³-hybridized carbons (Fsp3) is 0.909. The molecular formula is C11H17N3O3. The van der Waals surface area contributed by atoms with Gasteiger partial charge < -0.3 is 5.73 Å². The SMILES string of the molecule is C[C@@]12CC[C@H]3C[C@@]1(C(N)=O)N([N+](=O)[O-])C[C@@]32C. The Bertz CT molecular complexity index is 440. The summed E-state index contributed by atoms with van der Waals surface area (Å²) in [6.45, 7) is 4.44. The van der Waals surface area contributed by atoms with E-state index in [2.05, 4.69) is 6.92 Å². The Morgan fingerprint density at radius 3 is 2.65 bits per heavy atom. The molecule has 1 heterocycles. The van der Waals surface area contributed by atoms with E-state index in [0.717, 1.165) is 17.9 Å². The quantitative estimate of drug-likeness (QED) is 0.562. The highest BCUT2D eigenvalue weighted by Gasteiger charge is 2.83. The molecule has 1 aliphatic heterocycles. The van der Waals surface area contributed by atoms with Gasteiger partial charge in [0.25, 0.3) is 0 Å². The number of hydrogen-bond acceptors (Lipinski definition) is 3. The van der Waals surface area contributed by atoms with Crippen LogP contribution in [-0.4, -0.2) is 28.0 Å². The van der Waals surface area contributed by atoms with Gasteiger partial charge in [-0.15, -0.1) is 5.01 Å². The number of piperidine rings is 1. The van der Waals surface area contributed by atoms with Gasteiger partial charge in [-0.25, -0.2) is 10.1 Å². The molecule has 1 amide bonds. The third-order valence-corrected chi connectivity index (χ3v) is 6.13. The van der Waals surface area contributed by atoms with E-state index < -0.39 is 16.5 Å². The summed E-state index contributed by atoms with van der Waals surface area (Å²) >= 11 is 0. The van der Waals surface area contributed by atoms with Crippen LogP contribution in [0.5, 0.6) is 0 Å². The molecule has 3 rings (SSSR count). The van der Waals surface area contributed by atoms with Crippen LogP contribution in [0.15, 0.2) is 0 Å². The van der Waals surface area contributed by atoms with Crippen LogP contribution >= 0.6 is 0 Å². The number of hydrogen-bond donors (Lipinski definition) is 1. The highest BCUT2D eigenvalue weighted by molar-refractivity contribution is 5.87. The van der Waals surface area contributed by atoms with Gasteiger partial charge in [0.1, 0.15) is 0 Å². The second kappa shape index (κ2) is 2.57. The number of carbonyl (C=O) groups excluding carboxylic acids is 1. The lowest BCUT2D eigenvalue weighted by Gasteiger charge is -2.40. The van der Waals surface area contributed by atoms with Crippen molar-refractivity contribution >= 4 is 5.91 Å². The number of nitro groups is 1. The molecule has 0 radical (unpaired) electrons. The molecule has 2 aliphatic carbocycles. The molecule has 6 heteroatoms. The summed E-state index contributed by atoms with van der Waals surface area (Å²) in [5, 5.41) is 11.9. The Labute approximate surface area is 99.3 Å². The van der Waals surface area contributed by atoms with Crippen molar-refractivity contribution in [3.05, 3.63) is 10.1 Å². The first-order chi connectivity index (χ1) is 7.79. The maximum Gasteiger partial charge on any atom is 0.249 e. The molecule has 0 aromatic rings. The van der Waals surface area contributed by atoms with E-state index in [9.17, 15) is 14.9 Å². The average Bonchev–Trinajstić information content (AvgIpc) is 2.68. The molecule has 1 saturated heterocycles. The van der Waals surface area contributed by atoms with E-state index in [1.54, 1.807) is 0 Å². The van der Waals surface area contributed by atoms with E-state index in [-0.39, 0.29) is 10.8 Å². The number of amides is 1. The van der Waals surface area contributed by atoms with Crippen molar-refractivity contribution in [3.63, 3.8) is 0 Å². The molecule has 4 bridgehead atoms. The van der Waals surface area contributed by atoms with Gasteiger partial charge in [-0.3, -0.25) is 4.79 Å². The first-order valence-corrected chi connectivity index (χ1v) is 6.01. The summed E-state index contributed by atoms with van der Waals surface area (Å²) < 4.78 is 0. The second-order valence-corrected chi connectivity index (χ2v) is 6.21. The van der Waals surface area contributed by atoms with E-state index >= 15 is 0 Å². The van der Waals surface area contributed by atoms with Gasteiger partial charge in [0.15, 0.2) is 10.6 Å². The number of rotatable bonds is 2. The molecule has 2 N–H and O–H groups in total. The van der Waals surface area contributed by atoms with Crippen molar-refractivity contribution in [2.45, 2.75) is 38.6 Å². The lowest BCUT2D eigenvalue weighted by Crippen LogP contribution is -2.63. The normalized spacial score (nSPS) is 50.9. The summed E-state index contributed by atoms with van der Waals surface area (Å²) in [5.74, 6) is -0.126. The van der Waals surface area contributed by atoms with E-state index in [0.29, 0.717) is 18.9 Å². The van der Waals surface area contributed by atoms with Gasteiger partial charge in [-0.2, -0.15) is 0 Å². The number of nitrogens with two attached hydrogens (primary N) is 1. The highest BCUT2D eigenvalue weighted by atomic mass is 16.7. The van der Waals surface area contributed by atoms with Gasteiger partial charge >= 0.3 is 0 Å². The average molecular weight is 239 g/mol. The lowest BCUT2D eigenvalue weighted by molar-refractivity contribution is -0.671. The summed E-state index contributed by atoms with van der Waals surface area (Å²) in [6.07, 6.45) is 2.48. The first-order valence-electron chi connectivity index (χ1n) is 6.01. The predicted octanol–water partition coefficient (Wildman–Crippen LogP) is 0.544. The van der Waals surface area contributed by atoms with Crippen LogP contribution in [0.2, 0.25) is 0 Å². The number of carbonyl (C=O) groups is 1. The van der Waals surface area contributed by atoms with Gasteiger partial charge in [-0.05, 0) is 25.2 Å². The Morgan fingerprint density at radius 1 is 1.53 bits per heavy atom. The van der Waals surface area contributed by atoms with E-state index in [1.165, 1.54) is 0 Å². The first kappa shape index (κ1) is 10.8. The Balaban J connectivity index is 2.21. The van der Waals surface area contributed by atoms with Crippen molar-refractivity contribution in [1.29, 1.82) is 0 Å².